The van der Waals surface area contributed by atoms with Gasteiger partial charge < -0.3 is 14.8 Å². The maximum atomic E-state index is 12.0. The van der Waals surface area contributed by atoms with Gasteiger partial charge in [0.15, 0.2) is 0 Å². The van der Waals surface area contributed by atoms with Crippen LogP contribution in [-0.2, 0) is 0 Å². The largest absolute Gasteiger partial charge is 0.490 e. The molecule has 1 unspecified atom stereocenters. The summed E-state index contributed by atoms with van der Waals surface area (Å²) in [6.45, 7) is 4.36. The van der Waals surface area contributed by atoms with Gasteiger partial charge in [-0.25, -0.2) is 0 Å². The predicted octanol–water partition coefficient (Wildman–Crippen LogP) is 3.68. The number of piperazine rings is 1. The molecule has 6 nitrogen and oxygen atoms in total. The van der Waals surface area contributed by atoms with Crippen LogP contribution in [0.15, 0.2) is 95.9 Å². The van der Waals surface area contributed by atoms with Crippen molar-refractivity contribution >= 4 is 10.8 Å². The van der Waals surface area contributed by atoms with Crippen LogP contribution < -0.4 is 10.3 Å². The Labute approximate surface area is 205 Å². The maximum Gasteiger partial charge on any atom is 0.255 e. The van der Waals surface area contributed by atoms with E-state index in [2.05, 4.69) is 75.4 Å². The number of H-pyrrole nitrogens is 1. The molecule has 1 aliphatic rings. The zero-order valence-electron chi connectivity index (χ0n) is 19.7. The number of aromatic amines is 1. The van der Waals surface area contributed by atoms with Crippen LogP contribution in [0.5, 0.6) is 5.75 Å². The van der Waals surface area contributed by atoms with Crippen molar-refractivity contribution in [2.75, 3.05) is 39.3 Å². The molecule has 0 amide bonds. The van der Waals surface area contributed by atoms with Gasteiger partial charge in [-0.2, -0.15) is 0 Å². The summed E-state index contributed by atoms with van der Waals surface area (Å²) < 4.78 is 5.91. The highest BCUT2D eigenvalue weighted by molar-refractivity contribution is 5.87. The van der Waals surface area contributed by atoms with Crippen LogP contribution in [0, 0.1) is 0 Å². The Kier molecular flexibility index (Phi) is 7.23. The second kappa shape index (κ2) is 10.9. The van der Waals surface area contributed by atoms with Gasteiger partial charge >= 0.3 is 0 Å². The molecule has 0 saturated carbocycles. The fraction of sp³-hybridized carbons (Fsp3) is 0.276. The molecule has 1 saturated heterocycles. The van der Waals surface area contributed by atoms with Gasteiger partial charge in [-0.1, -0.05) is 66.7 Å². The molecule has 0 radical (unpaired) electrons. The second-order valence-corrected chi connectivity index (χ2v) is 9.05. The van der Waals surface area contributed by atoms with Gasteiger partial charge in [-0.3, -0.25) is 14.6 Å². The standard InChI is InChI=1S/C29H31N3O3/c33-24(21-35-27-13-7-12-26-25(27)14-15-30-29(26)34)20-31-16-18-32(19-17-31)28(22-8-3-1-4-9-22)23-10-5-2-6-11-23/h1-15,24,28,33H,16-21H2,(H,30,34). The van der Waals surface area contributed by atoms with Crippen molar-refractivity contribution in [3.8, 4) is 5.75 Å². The topological polar surface area (TPSA) is 68.8 Å². The predicted molar refractivity (Wildman–Crippen MR) is 139 cm³/mol. The summed E-state index contributed by atoms with van der Waals surface area (Å²) in [7, 11) is 0. The van der Waals surface area contributed by atoms with Crippen LogP contribution >= 0.6 is 0 Å². The summed E-state index contributed by atoms with van der Waals surface area (Å²) in [5.74, 6) is 0.617. The van der Waals surface area contributed by atoms with E-state index in [0.717, 1.165) is 31.6 Å². The molecule has 3 aromatic carbocycles. The molecule has 5 rings (SSSR count). The minimum Gasteiger partial charge on any atom is -0.490 e. The van der Waals surface area contributed by atoms with Crippen molar-refractivity contribution in [3.63, 3.8) is 0 Å². The third-order valence-electron chi connectivity index (χ3n) is 6.68. The number of aromatic nitrogens is 1. The van der Waals surface area contributed by atoms with E-state index >= 15 is 0 Å². The molecule has 1 aromatic heterocycles. The van der Waals surface area contributed by atoms with Crippen molar-refractivity contribution in [3.05, 3.63) is 113 Å². The molecule has 0 aliphatic carbocycles. The van der Waals surface area contributed by atoms with E-state index in [1.807, 2.05) is 12.1 Å². The van der Waals surface area contributed by atoms with Gasteiger partial charge in [0, 0.05) is 44.3 Å². The summed E-state index contributed by atoms with van der Waals surface area (Å²) in [4.78, 5) is 19.5. The van der Waals surface area contributed by atoms with E-state index in [9.17, 15) is 9.90 Å². The fourth-order valence-electron chi connectivity index (χ4n) is 4.94. The maximum absolute atomic E-state index is 12.0. The van der Waals surface area contributed by atoms with Crippen LogP contribution in [0.1, 0.15) is 17.2 Å². The third kappa shape index (κ3) is 5.46. The number of hydrogen-bond acceptors (Lipinski definition) is 5. The van der Waals surface area contributed by atoms with Crippen molar-refractivity contribution in [1.29, 1.82) is 0 Å². The van der Waals surface area contributed by atoms with Crippen molar-refractivity contribution < 1.29 is 9.84 Å². The average molecular weight is 470 g/mol. The van der Waals surface area contributed by atoms with E-state index < -0.39 is 6.10 Å². The quantitative estimate of drug-likeness (QED) is 0.412. The number of hydrogen-bond donors (Lipinski definition) is 2. The van der Waals surface area contributed by atoms with E-state index in [0.29, 0.717) is 17.7 Å². The molecule has 1 aliphatic heterocycles. The number of β-amino-alcohol motifs (C(OH)–C–C–N with tert-alkyl or cyclic N) is 1. The lowest BCUT2D eigenvalue weighted by Crippen LogP contribution is -2.50. The van der Waals surface area contributed by atoms with Gasteiger partial charge in [0.2, 0.25) is 0 Å². The SMILES string of the molecule is O=c1[nH]ccc2c(OCC(O)CN3CCN(C(c4ccccc4)c4ccccc4)CC3)cccc12. The van der Waals surface area contributed by atoms with Gasteiger partial charge in [0.05, 0.1) is 11.4 Å². The average Bonchev–Trinajstić information content (AvgIpc) is 2.90. The molecule has 1 atom stereocenters. The molecular formula is C29H31N3O3. The molecule has 2 N–H and O–H groups in total. The monoisotopic (exact) mass is 469 g/mol. The lowest BCUT2D eigenvalue weighted by Gasteiger charge is -2.40. The van der Waals surface area contributed by atoms with E-state index in [1.54, 1.807) is 18.3 Å². The van der Waals surface area contributed by atoms with E-state index in [-0.39, 0.29) is 18.2 Å². The first kappa shape index (κ1) is 23.3. The first-order valence-corrected chi connectivity index (χ1v) is 12.2. The Morgan fingerprint density at radius 1 is 0.800 bits per heavy atom. The number of pyridine rings is 1. The summed E-state index contributed by atoms with van der Waals surface area (Å²) in [6, 6.07) is 28.8. The number of benzene rings is 3. The van der Waals surface area contributed by atoms with E-state index in [4.69, 9.17) is 4.74 Å². The van der Waals surface area contributed by atoms with Crippen molar-refractivity contribution in [2.24, 2.45) is 0 Å². The Balaban J connectivity index is 1.18. The highest BCUT2D eigenvalue weighted by Crippen LogP contribution is 2.29. The number of rotatable bonds is 8. The van der Waals surface area contributed by atoms with Crippen LogP contribution in [0.3, 0.4) is 0 Å². The van der Waals surface area contributed by atoms with Gasteiger partial charge in [-0.15, -0.1) is 0 Å². The zero-order valence-corrected chi connectivity index (χ0v) is 19.7. The Bertz CT molecular complexity index is 1250. The molecule has 6 heteroatoms. The molecule has 1 fully saturated rings. The molecular weight excluding hydrogens is 438 g/mol. The highest BCUT2D eigenvalue weighted by atomic mass is 16.5. The van der Waals surface area contributed by atoms with Gasteiger partial charge in [0.1, 0.15) is 18.5 Å². The smallest absolute Gasteiger partial charge is 0.255 e. The van der Waals surface area contributed by atoms with E-state index in [1.165, 1.54) is 11.1 Å². The summed E-state index contributed by atoms with van der Waals surface area (Å²) in [6.07, 6.45) is 1.00. The van der Waals surface area contributed by atoms with Crippen LogP contribution in [-0.4, -0.2) is 65.3 Å². The Morgan fingerprint density at radius 2 is 1.46 bits per heavy atom. The van der Waals surface area contributed by atoms with Crippen LogP contribution in [0.4, 0.5) is 0 Å². The number of nitrogens with zero attached hydrogens (tertiary/aromatic N) is 2. The van der Waals surface area contributed by atoms with Gasteiger partial charge in [-0.05, 0) is 29.3 Å². The molecule has 0 spiro atoms. The molecule has 180 valence electrons. The number of aliphatic hydroxyl groups excluding tert-OH is 1. The summed E-state index contributed by atoms with van der Waals surface area (Å²) in [5.41, 5.74) is 2.46. The summed E-state index contributed by atoms with van der Waals surface area (Å²) >= 11 is 0. The van der Waals surface area contributed by atoms with Crippen molar-refractivity contribution in [1.82, 2.24) is 14.8 Å². The minimum absolute atomic E-state index is 0.143. The lowest BCUT2D eigenvalue weighted by molar-refractivity contribution is 0.0404. The molecule has 2 heterocycles. The number of aliphatic hydroxyl groups is 1. The number of fused-ring (bicyclic) bond motifs is 1. The second-order valence-electron chi connectivity index (χ2n) is 9.05. The fourth-order valence-corrected chi connectivity index (χ4v) is 4.94. The molecule has 0 bridgehead atoms. The lowest BCUT2D eigenvalue weighted by atomic mass is 9.96. The first-order chi connectivity index (χ1) is 17.2. The molecule has 4 aromatic rings. The van der Waals surface area contributed by atoms with Crippen LogP contribution in [0.25, 0.3) is 10.8 Å². The van der Waals surface area contributed by atoms with Crippen LogP contribution in [0.2, 0.25) is 0 Å². The number of ether oxygens (including phenoxy) is 1. The highest BCUT2D eigenvalue weighted by Gasteiger charge is 2.27. The normalized spacial score (nSPS) is 15.9. The van der Waals surface area contributed by atoms with Crippen molar-refractivity contribution in [2.45, 2.75) is 12.1 Å². The minimum atomic E-state index is -0.613. The molecule has 35 heavy (non-hydrogen) atoms. The Hall–Kier alpha value is -3.45. The Morgan fingerprint density at radius 3 is 2.11 bits per heavy atom. The first-order valence-electron chi connectivity index (χ1n) is 12.2. The summed E-state index contributed by atoms with van der Waals surface area (Å²) in [5, 5.41) is 12.0. The van der Waals surface area contributed by atoms with Gasteiger partial charge in [0.25, 0.3) is 5.56 Å². The number of nitrogens with one attached hydrogen (secondary N) is 1. The third-order valence-corrected chi connectivity index (χ3v) is 6.68. The zero-order chi connectivity index (χ0) is 24.0.